The summed E-state index contributed by atoms with van der Waals surface area (Å²) >= 11 is 0.961. The molecule has 154 valence electrons. The van der Waals surface area contributed by atoms with E-state index in [2.05, 4.69) is 20.7 Å². The number of benzene rings is 1. The number of nitrogens with one attached hydrogen (secondary N) is 1. The van der Waals surface area contributed by atoms with Crippen molar-refractivity contribution in [2.45, 2.75) is 18.2 Å². The van der Waals surface area contributed by atoms with Gasteiger partial charge in [-0.2, -0.15) is 0 Å². The molecule has 1 aromatic carbocycles. The van der Waals surface area contributed by atoms with Crippen molar-refractivity contribution in [3.8, 4) is 34.3 Å². The summed E-state index contributed by atoms with van der Waals surface area (Å²) in [6, 6.07) is 4.92. The van der Waals surface area contributed by atoms with Crippen LogP contribution < -0.4 is 18.9 Å². The third kappa shape index (κ3) is 5.25. The molecule has 1 heterocycles. The number of aromatic hydroxyl groups is 1. The second-order valence-electron chi connectivity index (χ2n) is 5.52. The topological polar surface area (TPSA) is 130 Å². The SMILES string of the molecule is COc1ccc(OC)c(-c2oc(C(Br)CCNS(=O)[O-])c(OC(C)=O)c2O)c1. The molecule has 0 aliphatic heterocycles. The quantitative estimate of drug-likeness (QED) is 0.320. The second kappa shape index (κ2) is 9.92. The van der Waals surface area contributed by atoms with Gasteiger partial charge in [0.2, 0.25) is 11.5 Å². The predicted molar refractivity (Wildman–Crippen MR) is 103 cm³/mol. The van der Waals surface area contributed by atoms with E-state index in [-0.39, 0.29) is 36.0 Å². The number of alkyl halides is 1. The molecule has 0 spiro atoms. The Morgan fingerprint density at radius 1 is 1.39 bits per heavy atom. The molecule has 2 rings (SSSR count). The van der Waals surface area contributed by atoms with Crippen molar-refractivity contribution in [1.29, 1.82) is 0 Å². The molecule has 11 heteroatoms. The van der Waals surface area contributed by atoms with Crippen LogP contribution in [0.2, 0.25) is 0 Å². The van der Waals surface area contributed by atoms with Gasteiger partial charge in [-0.1, -0.05) is 15.9 Å². The van der Waals surface area contributed by atoms with Crippen LogP contribution in [0.25, 0.3) is 11.3 Å². The third-order valence-electron chi connectivity index (χ3n) is 3.67. The van der Waals surface area contributed by atoms with Crippen LogP contribution in [0, 0.1) is 0 Å². The number of hydrogen-bond donors (Lipinski definition) is 2. The van der Waals surface area contributed by atoms with E-state index in [0.717, 1.165) is 0 Å². The molecule has 28 heavy (non-hydrogen) atoms. The van der Waals surface area contributed by atoms with Gasteiger partial charge in [-0.25, -0.2) is 4.72 Å². The van der Waals surface area contributed by atoms with Gasteiger partial charge in [0, 0.05) is 24.7 Å². The maximum Gasteiger partial charge on any atom is 0.308 e. The smallest absolute Gasteiger partial charge is 0.308 e. The highest BCUT2D eigenvalue weighted by Gasteiger charge is 2.29. The van der Waals surface area contributed by atoms with Crippen molar-refractivity contribution in [2.24, 2.45) is 0 Å². The van der Waals surface area contributed by atoms with Crippen molar-refractivity contribution in [3.05, 3.63) is 24.0 Å². The molecule has 2 aromatic rings. The summed E-state index contributed by atoms with van der Waals surface area (Å²) in [6.07, 6.45) is 0.268. The zero-order valence-electron chi connectivity index (χ0n) is 15.3. The van der Waals surface area contributed by atoms with Crippen molar-refractivity contribution in [2.75, 3.05) is 20.8 Å². The lowest BCUT2D eigenvalue weighted by Gasteiger charge is -2.11. The first-order chi connectivity index (χ1) is 13.3. The molecule has 0 aliphatic carbocycles. The number of ether oxygens (including phenoxy) is 3. The van der Waals surface area contributed by atoms with E-state index in [1.165, 1.54) is 21.1 Å². The number of furan rings is 1. The van der Waals surface area contributed by atoms with Crippen LogP contribution in [0.15, 0.2) is 22.6 Å². The van der Waals surface area contributed by atoms with Gasteiger partial charge in [0.05, 0.1) is 24.6 Å². The van der Waals surface area contributed by atoms with E-state index in [1.54, 1.807) is 18.2 Å². The molecule has 0 radical (unpaired) electrons. The zero-order valence-corrected chi connectivity index (χ0v) is 17.7. The Morgan fingerprint density at radius 2 is 2.11 bits per heavy atom. The molecule has 2 atom stereocenters. The standard InChI is InChI=1S/C17H20BrNO8S/c1-9(20)26-17-14(21)15(11-8-10(24-2)4-5-13(11)25-3)27-16(17)12(18)6-7-19-28(22)23/h4-5,8,12,19,21H,6-7H2,1-3H3,(H,22,23)/p-1. The highest BCUT2D eigenvalue weighted by molar-refractivity contribution is 9.09. The van der Waals surface area contributed by atoms with Crippen molar-refractivity contribution >= 4 is 33.2 Å². The van der Waals surface area contributed by atoms with Crippen LogP contribution in [-0.4, -0.2) is 40.6 Å². The molecule has 2 N–H and O–H groups in total. The van der Waals surface area contributed by atoms with Crippen LogP contribution in [0.1, 0.15) is 23.9 Å². The Hall–Kier alpha value is -2.08. The van der Waals surface area contributed by atoms with Gasteiger partial charge in [-0.15, -0.1) is 0 Å². The summed E-state index contributed by atoms with van der Waals surface area (Å²) in [5, 5.41) is 10.7. The Labute approximate surface area is 172 Å². The van der Waals surface area contributed by atoms with E-state index in [1.807, 2.05) is 0 Å². The maximum atomic E-state index is 11.5. The van der Waals surface area contributed by atoms with E-state index < -0.39 is 22.1 Å². The fourth-order valence-corrected chi connectivity index (χ4v) is 3.26. The van der Waals surface area contributed by atoms with Crippen molar-refractivity contribution in [1.82, 2.24) is 4.72 Å². The van der Waals surface area contributed by atoms with Gasteiger partial charge in [0.15, 0.2) is 11.5 Å². The lowest BCUT2D eigenvalue weighted by molar-refractivity contribution is -0.132. The van der Waals surface area contributed by atoms with E-state index in [4.69, 9.17) is 18.6 Å². The van der Waals surface area contributed by atoms with Crippen LogP contribution in [0.4, 0.5) is 0 Å². The van der Waals surface area contributed by atoms with Gasteiger partial charge >= 0.3 is 5.97 Å². The number of carbonyl (C=O) groups is 1. The normalized spacial score (nSPS) is 13.0. The number of esters is 1. The fourth-order valence-electron chi connectivity index (χ4n) is 2.45. The Bertz CT molecular complexity index is 869. The van der Waals surface area contributed by atoms with Crippen LogP contribution in [-0.2, 0) is 16.1 Å². The minimum Gasteiger partial charge on any atom is -0.760 e. The average molecular weight is 477 g/mol. The molecule has 0 bridgehead atoms. The molecule has 1 aromatic heterocycles. The van der Waals surface area contributed by atoms with E-state index in [0.29, 0.717) is 17.1 Å². The molecule has 0 aliphatic rings. The highest BCUT2D eigenvalue weighted by Crippen LogP contribution is 2.50. The molecule has 0 saturated heterocycles. The summed E-state index contributed by atoms with van der Waals surface area (Å²) in [6.45, 7) is 1.29. The van der Waals surface area contributed by atoms with Gasteiger partial charge in [0.25, 0.3) is 0 Å². The molecule has 9 nitrogen and oxygen atoms in total. The molecule has 0 amide bonds. The van der Waals surface area contributed by atoms with E-state index >= 15 is 0 Å². The number of rotatable bonds is 9. The van der Waals surface area contributed by atoms with Crippen LogP contribution in [0.5, 0.6) is 23.0 Å². The number of methoxy groups -OCH3 is 2. The summed E-state index contributed by atoms with van der Waals surface area (Å²) in [7, 11) is 2.95. The number of carbonyl (C=O) groups excluding carboxylic acids is 1. The van der Waals surface area contributed by atoms with Crippen LogP contribution in [0.3, 0.4) is 0 Å². The molecule has 2 unspecified atom stereocenters. The molecule has 0 fully saturated rings. The largest absolute Gasteiger partial charge is 0.760 e. The second-order valence-corrected chi connectivity index (χ2v) is 7.38. The van der Waals surface area contributed by atoms with Crippen molar-refractivity contribution < 1.29 is 37.3 Å². The Kier molecular flexibility index (Phi) is 7.87. The average Bonchev–Trinajstić information content (AvgIpc) is 2.96. The highest BCUT2D eigenvalue weighted by atomic mass is 79.9. The lowest BCUT2D eigenvalue weighted by Crippen LogP contribution is -2.18. The first-order valence-electron chi connectivity index (χ1n) is 8.01. The van der Waals surface area contributed by atoms with Crippen molar-refractivity contribution in [3.63, 3.8) is 0 Å². The lowest BCUT2D eigenvalue weighted by atomic mass is 10.1. The van der Waals surface area contributed by atoms with E-state index in [9.17, 15) is 18.7 Å². The van der Waals surface area contributed by atoms with Crippen LogP contribution >= 0.6 is 15.9 Å². The molecular formula is C17H19BrNO8S-. The molecule has 0 saturated carbocycles. The first-order valence-corrected chi connectivity index (χ1v) is 10.0. The summed E-state index contributed by atoms with van der Waals surface area (Å²) in [5.41, 5.74) is 0.387. The first kappa shape index (κ1) is 22.2. The number of hydrogen-bond acceptors (Lipinski definition) is 8. The summed E-state index contributed by atoms with van der Waals surface area (Å²) < 4.78 is 44.9. The van der Waals surface area contributed by atoms with Gasteiger partial charge in [-0.05, 0) is 24.6 Å². The van der Waals surface area contributed by atoms with Gasteiger partial charge in [0.1, 0.15) is 11.5 Å². The number of halogens is 1. The summed E-state index contributed by atoms with van der Waals surface area (Å²) in [4.78, 5) is 10.9. The monoisotopic (exact) mass is 476 g/mol. The fraction of sp³-hybridized carbons (Fsp3) is 0.353. The Balaban J connectivity index is 2.51. The predicted octanol–water partition coefficient (Wildman–Crippen LogP) is 2.80. The summed E-state index contributed by atoms with van der Waals surface area (Å²) in [5.74, 6) is -0.142. The minimum absolute atomic E-state index is 0.0202. The zero-order chi connectivity index (χ0) is 20.8. The van der Waals surface area contributed by atoms with Gasteiger partial charge in [-0.3, -0.25) is 9.00 Å². The molecular weight excluding hydrogens is 458 g/mol. The Morgan fingerprint density at radius 3 is 2.68 bits per heavy atom. The van der Waals surface area contributed by atoms with Gasteiger partial charge < -0.3 is 28.3 Å². The minimum atomic E-state index is -2.41. The third-order valence-corrected chi connectivity index (χ3v) is 4.98. The maximum absolute atomic E-state index is 11.5.